The van der Waals surface area contributed by atoms with E-state index >= 15 is 0 Å². The Bertz CT molecular complexity index is 338. The van der Waals surface area contributed by atoms with Crippen LogP contribution in [0.3, 0.4) is 0 Å². The Morgan fingerprint density at radius 1 is 1.21 bits per heavy atom. The maximum Gasteiger partial charge on any atom is 0.407 e. The molecule has 0 saturated carbocycles. The van der Waals surface area contributed by atoms with Gasteiger partial charge in [0.15, 0.2) is 0 Å². The van der Waals surface area contributed by atoms with Gasteiger partial charge < -0.3 is 5.73 Å². The van der Waals surface area contributed by atoms with Crippen molar-refractivity contribution in [2.75, 3.05) is 0 Å². The lowest BCUT2D eigenvalue weighted by molar-refractivity contribution is -0.149. The van der Waals surface area contributed by atoms with Crippen molar-refractivity contribution in [1.29, 1.82) is 0 Å². The summed E-state index contributed by atoms with van der Waals surface area (Å²) in [4.78, 5) is 0. The molecule has 1 nitrogen and oxygen atoms in total. The lowest BCUT2D eigenvalue weighted by atomic mass is 10.1. The quantitative estimate of drug-likeness (QED) is 0.802. The Morgan fingerprint density at radius 3 is 2.29 bits per heavy atom. The summed E-state index contributed by atoms with van der Waals surface area (Å²) in [6, 6.07) is 1.69. The maximum atomic E-state index is 12.2. The van der Waals surface area contributed by atoms with Crippen LogP contribution in [-0.2, 0) is 0 Å². The minimum absolute atomic E-state index is 0.0424. The lowest BCUT2D eigenvalue weighted by Gasteiger charge is -2.17. The molecule has 0 amide bonds. The van der Waals surface area contributed by atoms with Crippen LogP contribution in [0, 0.1) is 0 Å². The summed E-state index contributed by atoms with van der Waals surface area (Å²) >= 11 is 11.1. The van der Waals surface area contributed by atoms with E-state index in [4.69, 9.17) is 28.9 Å². The third-order valence-corrected chi connectivity index (χ3v) is 2.23. The van der Waals surface area contributed by atoms with Gasteiger partial charge in [0.1, 0.15) is 6.04 Å². The molecule has 1 aromatic carbocycles. The van der Waals surface area contributed by atoms with Crippen molar-refractivity contribution >= 4 is 23.2 Å². The summed E-state index contributed by atoms with van der Waals surface area (Å²) in [6.45, 7) is 0. The molecule has 1 atom stereocenters. The molecule has 0 saturated heterocycles. The Morgan fingerprint density at radius 2 is 1.79 bits per heavy atom. The molecule has 0 heterocycles. The fraction of sp³-hybridized carbons (Fsp3) is 0.250. The summed E-state index contributed by atoms with van der Waals surface area (Å²) in [5.74, 6) is 0. The van der Waals surface area contributed by atoms with Gasteiger partial charge in [0.25, 0.3) is 0 Å². The first-order chi connectivity index (χ1) is 6.32. The van der Waals surface area contributed by atoms with E-state index in [1.54, 1.807) is 0 Å². The second-order valence-electron chi connectivity index (χ2n) is 2.69. The number of alkyl halides is 3. The van der Waals surface area contributed by atoms with E-state index in [0.717, 1.165) is 6.07 Å². The number of nitrogens with two attached hydrogens (primary N) is 1. The van der Waals surface area contributed by atoms with Gasteiger partial charge in [-0.05, 0) is 23.8 Å². The van der Waals surface area contributed by atoms with Gasteiger partial charge in [-0.2, -0.15) is 13.2 Å². The predicted octanol–water partition coefficient (Wildman–Crippen LogP) is 3.56. The molecule has 0 fully saturated rings. The van der Waals surface area contributed by atoms with Crippen LogP contribution in [0.4, 0.5) is 13.2 Å². The number of hydrogen-bond acceptors (Lipinski definition) is 1. The second kappa shape index (κ2) is 3.96. The van der Waals surface area contributed by atoms with Crippen molar-refractivity contribution in [1.82, 2.24) is 0 Å². The summed E-state index contributed by atoms with van der Waals surface area (Å²) in [5, 5.41) is 0.128. The van der Waals surface area contributed by atoms with E-state index in [1.807, 2.05) is 0 Å². The molecule has 0 spiro atoms. The predicted molar refractivity (Wildman–Crippen MR) is 49.4 cm³/mol. The zero-order chi connectivity index (χ0) is 10.9. The minimum Gasteiger partial charge on any atom is -0.316 e. The summed E-state index contributed by atoms with van der Waals surface area (Å²) in [7, 11) is 0. The molecule has 0 bridgehead atoms. The fourth-order valence-electron chi connectivity index (χ4n) is 0.929. The van der Waals surface area contributed by atoms with E-state index in [-0.39, 0.29) is 15.6 Å². The SMILES string of the molecule is N[C@@H](c1cc(Cl)ccc1Cl)C(F)(F)F. The Balaban J connectivity index is 3.12. The van der Waals surface area contributed by atoms with Gasteiger partial charge in [0.2, 0.25) is 0 Å². The molecule has 78 valence electrons. The maximum absolute atomic E-state index is 12.2. The van der Waals surface area contributed by atoms with E-state index in [0.29, 0.717) is 0 Å². The van der Waals surface area contributed by atoms with Gasteiger partial charge >= 0.3 is 6.18 Å². The van der Waals surface area contributed by atoms with Crippen molar-refractivity contribution in [3.63, 3.8) is 0 Å². The summed E-state index contributed by atoms with van der Waals surface area (Å²) in [5.41, 5.74) is 4.76. The van der Waals surface area contributed by atoms with Gasteiger partial charge in [-0.3, -0.25) is 0 Å². The summed E-state index contributed by atoms with van der Waals surface area (Å²) < 4.78 is 36.7. The first-order valence-electron chi connectivity index (χ1n) is 3.59. The molecule has 1 aromatic rings. The molecule has 0 unspecified atom stereocenters. The molecular weight excluding hydrogens is 238 g/mol. The lowest BCUT2D eigenvalue weighted by Crippen LogP contribution is -2.28. The zero-order valence-electron chi connectivity index (χ0n) is 6.78. The minimum atomic E-state index is -4.52. The number of rotatable bonds is 1. The number of hydrogen-bond donors (Lipinski definition) is 1. The van der Waals surface area contributed by atoms with Crippen molar-refractivity contribution < 1.29 is 13.2 Å². The average molecular weight is 244 g/mol. The third-order valence-electron chi connectivity index (χ3n) is 1.65. The highest BCUT2D eigenvalue weighted by molar-refractivity contribution is 6.33. The van der Waals surface area contributed by atoms with Crippen molar-refractivity contribution in [2.45, 2.75) is 12.2 Å². The molecular formula is C8H6Cl2F3N. The van der Waals surface area contributed by atoms with Gasteiger partial charge in [-0.25, -0.2) is 0 Å². The summed E-state index contributed by atoms with van der Waals surface area (Å²) in [6.07, 6.45) is -4.52. The molecule has 1 rings (SSSR count). The molecule has 0 aromatic heterocycles. The van der Waals surface area contributed by atoms with Crippen LogP contribution in [0.25, 0.3) is 0 Å². The van der Waals surface area contributed by atoms with E-state index in [2.05, 4.69) is 0 Å². The molecule has 0 aliphatic carbocycles. The topological polar surface area (TPSA) is 26.0 Å². The van der Waals surface area contributed by atoms with Gasteiger partial charge in [0.05, 0.1) is 0 Å². The fourth-order valence-corrected chi connectivity index (χ4v) is 1.34. The van der Waals surface area contributed by atoms with Gasteiger partial charge in [-0.1, -0.05) is 23.2 Å². The molecule has 6 heteroatoms. The first kappa shape index (κ1) is 11.6. The zero-order valence-corrected chi connectivity index (χ0v) is 8.29. The standard InChI is InChI=1S/C8H6Cl2F3N/c9-4-1-2-6(10)5(3-4)7(14)8(11,12)13/h1-3,7H,14H2/t7-/m0/s1. The molecule has 0 radical (unpaired) electrons. The van der Waals surface area contributed by atoms with Crippen LogP contribution in [-0.4, -0.2) is 6.18 Å². The Kier molecular flexibility index (Phi) is 3.29. The monoisotopic (exact) mass is 243 g/mol. The van der Waals surface area contributed by atoms with Crippen LogP contribution in [0.5, 0.6) is 0 Å². The third kappa shape index (κ3) is 2.53. The normalized spacial score (nSPS) is 14.1. The van der Waals surface area contributed by atoms with Crippen LogP contribution in [0.2, 0.25) is 10.0 Å². The van der Waals surface area contributed by atoms with Crippen LogP contribution in [0.15, 0.2) is 18.2 Å². The number of benzene rings is 1. The van der Waals surface area contributed by atoms with E-state index in [1.165, 1.54) is 12.1 Å². The highest BCUT2D eigenvalue weighted by Crippen LogP contribution is 2.35. The van der Waals surface area contributed by atoms with E-state index in [9.17, 15) is 13.2 Å². The van der Waals surface area contributed by atoms with Crippen LogP contribution < -0.4 is 5.73 Å². The van der Waals surface area contributed by atoms with Crippen molar-refractivity contribution in [3.8, 4) is 0 Å². The largest absolute Gasteiger partial charge is 0.407 e. The van der Waals surface area contributed by atoms with Crippen LogP contribution in [0.1, 0.15) is 11.6 Å². The molecule has 14 heavy (non-hydrogen) atoms. The highest BCUT2D eigenvalue weighted by atomic mass is 35.5. The van der Waals surface area contributed by atoms with Crippen molar-refractivity contribution in [2.24, 2.45) is 5.73 Å². The Hall–Kier alpha value is -0.450. The molecule has 0 aliphatic rings. The molecule has 2 N–H and O–H groups in total. The van der Waals surface area contributed by atoms with Crippen LogP contribution >= 0.6 is 23.2 Å². The Labute approximate surface area is 88.6 Å². The second-order valence-corrected chi connectivity index (χ2v) is 3.53. The van der Waals surface area contributed by atoms with Gasteiger partial charge in [-0.15, -0.1) is 0 Å². The van der Waals surface area contributed by atoms with E-state index < -0.39 is 12.2 Å². The number of halogens is 5. The van der Waals surface area contributed by atoms with Gasteiger partial charge in [0, 0.05) is 10.0 Å². The average Bonchev–Trinajstić information content (AvgIpc) is 2.06. The smallest absolute Gasteiger partial charge is 0.316 e. The van der Waals surface area contributed by atoms with Crippen molar-refractivity contribution in [3.05, 3.63) is 33.8 Å². The first-order valence-corrected chi connectivity index (χ1v) is 4.35. The highest BCUT2D eigenvalue weighted by Gasteiger charge is 2.38. The molecule has 0 aliphatic heterocycles.